The number of piperidine rings is 2. The van der Waals surface area contributed by atoms with Gasteiger partial charge in [-0.05, 0) is 79.3 Å². The molecule has 4 nitrogen and oxygen atoms in total. The average Bonchev–Trinajstić information content (AvgIpc) is 2.80. The van der Waals surface area contributed by atoms with E-state index in [1.54, 1.807) is 25.1 Å². The van der Waals surface area contributed by atoms with Gasteiger partial charge >= 0.3 is 0 Å². The Morgan fingerprint density at radius 3 is 2.48 bits per heavy atom. The Morgan fingerprint density at radius 1 is 1.09 bits per heavy atom. The van der Waals surface area contributed by atoms with E-state index in [1.165, 1.54) is 31.2 Å². The first kappa shape index (κ1) is 23.6. The van der Waals surface area contributed by atoms with Crippen LogP contribution in [0.3, 0.4) is 0 Å². The third-order valence-electron chi connectivity index (χ3n) is 7.92. The van der Waals surface area contributed by atoms with Gasteiger partial charge in [0, 0.05) is 44.2 Å². The molecule has 5 atom stereocenters. The van der Waals surface area contributed by atoms with Crippen molar-refractivity contribution in [1.29, 1.82) is 0 Å². The summed E-state index contributed by atoms with van der Waals surface area (Å²) in [6.07, 6.45) is 8.16. The molecular weight excluding hydrogens is 408 g/mol. The summed E-state index contributed by atoms with van der Waals surface area (Å²) in [5.74, 6) is 1.87. The number of aromatic hydroxyl groups is 1. The number of rotatable bonds is 7. The summed E-state index contributed by atoms with van der Waals surface area (Å²) in [7, 11) is 3.56. The van der Waals surface area contributed by atoms with Gasteiger partial charge in [0.1, 0.15) is 5.75 Å². The predicted octanol–water partition coefficient (Wildman–Crippen LogP) is 5.68. The summed E-state index contributed by atoms with van der Waals surface area (Å²) in [5, 5.41) is 10.2. The lowest BCUT2D eigenvalue weighted by Crippen LogP contribution is -2.56. The van der Waals surface area contributed by atoms with Crippen LogP contribution in [0.5, 0.6) is 5.75 Å². The second-order valence-corrected chi connectivity index (χ2v) is 10.2. The van der Waals surface area contributed by atoms with Gasteiger partial charge in [-0.25, -0.2) is 0 Å². The highest BCUT2D eigenvalue weighted by Gasteiger charge is 2.42. The fraction of sp³-hybridized carbons (Fsp3) is 0.483. The SMILES string of the molecule is C=CCN1C2CCC(CC(c3ccc(C(=O)N(C)C)cc3)c3cccc(O)c3)C1CCC2C. The van der Waals surface area contributed by atoms with E-state index in [9.17, 15) is 9.90 Å². The highest BCUT2D eigenvalue weighted by atomic mass is 16.3. The molecular formula is C29H38N2O2. The third kappa shape index (κ3) is 5.01. The molecule has 2 aliphatic rings. The van der Waals surface area contributed by atoms with Crippen LogP contribution in [0.4, 0.5) is 0 Å². The Bertz CT molecular complexity index is 968. The van der Waals surface area contributed by atoms with Crippen molar-refractivity contribution in [2.24, 2.45) is 11.8 Å². The van der Waals surface area contributed by atoms with E-state index >= 15 is 0 Å². The number of carbonyl (C=O) groups is 1. The van der Waals surface area contributed by atoms with E-state index in [0.717, 1.165) is 24.4 Å². The third-order valence-corrected chi connectivity index (χ3v) is 7.92. The summed E-state index contributed by atoms with van der Waals surface area (Å²) < 4.78 is 0. The first-order valence-electron chi connectivity index (χ1n) is 12.4. The number of hydrogen-bond donors (Lipinski definition) is 1. The summed E-state index contributed by atoms with van der Waals surface area (Å²) >= 11 is 0. The van der Waals surface area contributed by atoms with Gasteiger partial charge in [-0.15, -0.1) is 6.58 Å². The lowest BCUT2D eigenvalue weighted by molar-refractivity contribution is -0.0216. The standard InChI is InChI=1S/C29H38N2O2/c1-5-17-31-27-16-14-24(28(31)15-9-20(27)2)19-26(23-7-6-8-25(32)18-23)21-10-12-22(13-11-21)29(33)30(3)4/h5-8,10-13,18,20,24,26-28,32H,1,9,14-17,19H2,2-4H3. The van der Waals surface area contributed by atoms with Gasteiger partial charge in [0.05, 0.1) is 0 Å². The molecule has 0 aliphatic carbocycles. The lowest BCUT2D eigenvalue weighted by Gasteiger charge is -2.53. The molecule has 2 aromatic carbocycles. The summed E-state index contributed by atoms with van der Waals surface area (Å²) in [5.41, 5.74) is 3.05. The van der Waals surface area contributed by atoms with Gasteiger partial charge < -0.3 is 10.0 Å². The topological polar surface area (TPSA) is 43.8 Å². The molecule has 2 bridgehead atoms. The zero-order chi connectivity index (χ0) is 23.5. The van der Waals surface area contributed by atoms with Crippen LogP contribution in [0.2, 0.25) is 0 Å². The van der Waals surface area contributed by atoms with Crippen molar-refractivity contribution in [2.75, 3.05) is 20.6 Å². The van der Waals surface area contributed by atoms with Crippen LogP contribution in [0.15, 0.2) is 61.2 Å². The number of phenolic OH excluding ortho intramolecular Hbond substituents is 1. The number of nitrogens with zero attached hydrogens (tertiary/aromatic N) is 2. The van der Waals surface area contributed by atoms with Crippen LogP contribution in [0.25, 0.3) is 0 Å². The molecule has 2 saturated heterocycles. The van der Waals surface area contributed by atoms with E-state index in [-0.39, 0.29) is 11.8 Å². The fourth-order valence-electron chi connectivity index (χ4n) is 6.22. The van der Waals surface area contributed by atoms with E-state index < -0.39 is 0 Å². The van der Waals surface area contributed by atoms with E-state index in [1.807, 2.05) is 24.3 Å². The van der Waals surface area contributed by atoms with E-state index in [4.69, 9.17) is 0 Å². The number of benzene rings is 2. The minimum atomic E-state index is 0.0187. The number of carbonyl (C=O) groups excluding carboxylic acids is 1. The van der Waals surface area contributed by atoms with Crippen LogP contribution in [0, 0.1) is 11.8 Å². The van der Waals surface area contributed by atoms with Gasteiger partial charge in [-0.1, -0.05) is 37.3 Å². The maximum Gasteiger partial charge on any atom is 0.253 e. The van der Waals surface area contributed by atoms with Gasteiger partial charge in [0.15, 0.2) is 0 Å². The zero-order valence-electron chi connectivity index (χ0n) is 20.3. The number of fused-ring (bicyclic) bond motifs is 2. The monoisotopic (exact) mass is 446 g/mol. The molecule has 33 heavy (non-hydrogen) atoms. The average molecular weight is 447 g/mol. The van der Waals surface area contributed by atoms with Gasteiger partial charge in [-0.3, -0.25) is 9.69 Å². The highest BCUT2D eigenvalue weighted by molar-refractivity contribution is 5.93. The molecule has 1 amide bonds. The van der Waals surface area contributed by atoms with Gasteiger partial charge in [-0.2, -0.15) is 0 Å². The summed E-state index contributed by atoms with van der Waals surface area (Å²) in [6.45, 7) is 7.41. The van der Waals surface area contributed by atoms with Crippen molar-refractivity contribution in [3.05, 3.63) is 77.9 Å². The number of amides is 1. The molecule has 2 aliphatic heterocycles. The predicted molar refractivity (Wildman–Crippen MR) is 135 cm³/mol. The maximum atomic E-state index is 12.4. The molecule has 0 radical (unpaired) electrons. The Hall–Kier alpha value is -2.59. The minimum Gasteiger partial charge on any atom is -0.508 e. The smallest absolute Gasteiger partial charge is 0.253 e. The van der Waals surface area contributed by atoms with Crippen molar-refractivity contribution in [3.8, 4) is 5.75 Å². The zero-order valence-corrected chi connectivity index (χ0v) is 20.3. The molecule has 1 N–H and O–H groups in total. The van der Waals surface area contributed by atoms with Crippen LogP contribution in [-0.4, -0.2) is 53.5 Å². The Labute approximate surface area is 198 Å². The van der Waals surface area contributed by atoms with E-state index in [0.29, 0.717) is 29.3 Å². The Morgan fingerprint density at radius 2 is 1.82 bits per heavy atom. The molecule has 5 unspecified atom stereocenters. The molecule has 2 fully saturated rings. The second-order valence-electron chi connectivity index (χ2n) is 10.2. The Balaban J connectivity index is 1.63. The highest BCUT2D eigenvalue weighted by Crippen LogP contribution is 2.45. The molecule has 4 rings (SSSR count). The quantitative estimate of drug-likeness (QED) is 0.557. The van der Waals surface area contributed by atoms with Crippen molar-refractivity contribution >= 4 is 5.91 Å². The normalized spacial score (nSPS) is 25.9. The van der Waals surface area contributed by atoms with Crippen LogP contribution in [-0.2, 0) is 0 Å². The number of phenols is 1. The van der Waals surface area contributed by atoms with Crippen molar-refractivity contribution in [1.82, 2.24) is 9.80 Å². The van der Waals surface area contributed by atoms with Gasteiger partial charge in [0.2, 0.25) is 0 Å². The largest absolute Gasteiger partial charge is 0.508 e. The summed E-state index contributed by atoms with van der Waals surface area (Å²) in [6, 6.07) is 17.0. The molecule has 0 aromatic heterocycles. The van der Waals surface area contributed by atoms with Crippen LogP contribution < -0.4 is 0 Å². The van der Waals surface area contributed by atoms with Crippen molar-refractivity contribution in [2.45, 2.75) is 57.0 Å². The fourth-order valence-corrected chi connectivity index (χ4v) is 6.22. The Kier molecular flexibility index (Phi) is 7.23. The molecule has 176 valence electrons. The van der Waals surface area contributed by atoms with Crippen molar-refractivity contribution in [3.63, 3.8) is 0 Å². The molecule has 4 heteroatoms. The minimum absolute atomic E-state index is 0.0187. The van der Waals surface area contributed by atoms with E-state index in [2.05, 4.69) is 42.7 Å². The molecule has 0 spiro atoms. The maximum absolute atomic E-state index is 12.4. The first-order valence-corrected chi connectivity index (χ1v) is 12.4. The molecule has 2 aromatic rings. The van der Waals surface area contributed by atoms with Crippen molar-refractivity contribution < 1.29 is 9.90 Å². The summed E-state index contributed by atoms with van der Waals surface area (Å²) in [4.78, 5) is 16.7. The second kappa shape index (κ2) is 10.1. The van der Waals surface area contributed by atoms with Crippen LogP contribution in [0.1, 0.15) is 66.4 Å². The lowest BCUT2D eigenvalue weighted by atomic mass is 9.69. The van der Waals surface area contributed by atoms with Crippen LogP contribution >= 0.6 is 0 Å². The van der Waals surface area contributed by atoms with Gasteiger partial charge in [0.25, 0.3) is 5.91 Å². The first-order chi connectivity index (χ1) is 15.9. The molecule has 0 saturated carbocycles. The number of hydrogen-bond acceptors (Lipinski definition) is 3. The molecule has 2 heterocycles.